The van der Waals surface area contributed by atoms with Crippen LogP contribution in [0.1, 0.15) is 33.6 Å². The molecule has 1 aromatic rings. The molecule has 1 heterocycles. The number of rotatable bonds is 7. The lowest BCUT2D eigenvalue weighted by atomic mass is 10.0. The number of hydrogen-bond acceptors (Lipinski definition) is 6. The Hall–Kier alpha value is -1.19. The van der Waals surface area contributed by atoms with Crippen LogP contribution in [0.4, 0.5) is 10.7 Å². The zero-order chi connectivity index (χ0) is 15.6. The molecule has 0 aliphatic rings. The smallest absolute Gasteiger partial charge is 0.304 e. The van der Waals surface area contributed by atoms with Crippen LogP contribution in [0.2, 0.25) is 0 Å². The summed E-state index contributed by atoms with van der Waals surface area (Å²) in [5.41, 5.74) is -0.822. The molecule has 0 bridgehead atoms. The van der Waals surface area contributed by atoms with Gasteiger partial charge in [0.05, 0.1) is 4.92 Å². The summed E-state index contributed by atoms with van der Waals surface area (Å²) in [4.78, 5) is 10.3. The van der Waals surface area contributed by atoms with Crippen molar-refractivity contribution in [2.75, 3.05) is 12.4 Å². The molecule has 1 aromatic heterocycles. The molecule has 1 rings (SSSR count). The van der Waals surface area contributed by atoms with E-state index in [-0.39, 0.29) is 14.9 Å². The predicted molar refractivity (Wildman–Crippen MR) is 79.8 cm³/mol. The number of nitrogens with zero attached hydrogens (tertiary/aromatic N) is 1. The Morgan fingerprint density at radius 3 is 2.45 bits per heavy atom. The van der Waals surface area contributed by atoms with Gasteiger partial charge < -0.3 is 5.32 Å². The Bertz CT molecular complexity index is 593. The van der Waals surface area contributed by atoms with Crippen LogP contribution in [0.5, 0.6) is 0 Å². The molecule has 0 atom stereocenters. The lowest BCUT2D eigenvalue weighted by Crippen LogP contribution is -2.42. The highest BCUT2D eigenvalue weighted by atomic mass is 32.2. The molecule has 0 saturated carbocycles. The van der Waals surface area contributed by atoms with Crippen LogP contribution in [-0.4, -0.2) is 25.9 Å². The molecule has 20 heavy (non-hydrogen) atoms. The molecular formula is C11H19N3O4S2. The molecule has 2 N–H and O–H groups in total. The van der Waals surface area contributed by atoms with Crippen molar-refractivity contribution in [2.24, 2.45) is 0 Å². The van der Waals surface area contributed by atoms with Gasteiger partial charge in [-0.1, -0.05) is 24.7 Å². The second kappa shape index (κ2) is 6.06. The van der Waals surface area contributed by atoms with E-state index in [2.05, 4.69) is 10.0 Å². The monoisotopic (exact) mass is 321 g/mol. The van der Waals surface area contributed by atoms with Gasteiger partial charge in [-0.05, 0) is 20.3 Å². The first kappa shape index (κ1) is 16.9. The summed E-state index contributed by atoms with van der Waals surface area (Å²) >= 11 is 0.850. The molecule has 114 valence electrons. The predicted octanol–water partition coefficient (Wildman–Crippen LogP) is 2.56. The maximum absolute atomic E-state index is 12.3. The topological polar surface area (TPSA) is 101 Å². The van der Waals surface area contributed by atoms with E-state index in [1.54, 1.807) is 13.8 Å². The summed E-state index contributed by atoms with van der Waals surface area (Å²) in [6.07, 6.45) is 1.51. The fourth-order valence-electron chi connectivity index (χ4n) is 1.90. The van der Waals surface area contributed by atoms with Crippen molar-refractivity contribution in [1.29, 1.82) is 0 Å². The Morgan fingerprint density at radius 1 is 1.45 bits per heavy atom. The summed E-state index contributed by atoms with van der Waals surface area (Å²) in [7, 11) is -2.24. The molecule has 0 amide bonds. The molecule has 0 aromatic carbocycles. The van der Waals surface area contributed by atoms with Gasteiger partial charge in [-0.3, -0.25) is 10.1 Å². The normalized spacial score (nSPS) is 12.4. The number of hydrogen-bond donors (Lipinski definition) is 2. The van der Waals surface area contributed by atoms with E-state index in [1.165, 1.54) is 7.05 Å². The maximum Gasteiger partial charge on any atom is 0.304 e. The molecule has 0 spiro atoms. The average Bonchev–Trinajstić information content (AvgIpc) is 2.71. The first-order chi connectivity index (χ1) is 9.13. The molecule has 0 aliphatic carbocycles. The highest BCUT2D eigenvalue weighted by Gasteiger charge is 2.30. The number of nitro groups is 1. The highest BCUT2D eigenvalue weighted by molar-refractivity contribution is 7.91. The second-order valence-corrected chi connectivity index (χ2v) is 7.99. The van der Waals surface area contributed by atoms with Gasteiger partial charge >= 0.3 is 5.69 Å². The number of thiophene rings is 1. The Morgan fingerprint density at radius 2 is 2.05 bits per heavy atom. The average molecular weight is 321 g/mol. The van der Waals surface area contributed by atoms with Crippen molar-refractivity contribution in [3.63, 3.8) is 0 Å². The van der Waals surface area contributed by atoms with Gasteiger partial charge in [0, 0.05) is 18.7 Å². The zero-order valence-electron chi connectivity index (χ0n) is 11.9. The standard InChI is InChI=1S/C11H19N3O4S2/c1-5-6-11(2,3)13-20(17,18)9-7-8(14(15)16)10(12-4)19-9/h7,12-13H,5-6H2,1-4H3. The highest BCUT2D eigenvalue weighted by Crippen LogP contribution is 2.37. The number of anilines is 1. The number of sulfonamides is 1. The van der Waals surface area contributed by atoms with Crippen LogP contribution in [0.25, 0.3) is 0 Å². The van der Waals surface area contributed by atoms with Crippen LogP contribution >= 0.6 is 11.3 Å². The number of nitrogens with one attached hydrogen (secondary N) is 2. The van der Waals surface area contributed by atoms with Crippen LogP contribution in [0.15, 0.2) is 10.3 Å². The third-order valence-electron chi connectivity index (χ3n) is 2.66. The first-order valence-corrected chi connectivity index (χ1v) is 8.43. The Labute approximate surface area is 122 Å². The SMILES string of the molecule is CCCC(C)(C)NS(=O)(=O)c1cc([N+](=O)[O-])c(NC)s1. The van der Waals surface area contributed by atoms with Crippen molar-refractivity contribution < 1.29 is 13.3 Å². The van der Waals surface area contributed by atoms with Crippen molar-refractivity contribution >= 4 is 32.0 Å². The maximum atomic E-state index is 12.3. The lowest BCUT2D eigenvalue weighted by molar-refractivity contribution is -0.383. The van der Waals surface area contributed by atoms with Crippen molar-refractivity contribution in [3.8, 4) is 0 Å². The van der Waals surface area contributed by atoms with E-state index in [0.29, 0.717) is 6.42 Å². The van der Waals surface area contributed by atoms with Crippen LogP contribution < -0.4 is 10.0 Å². The van der Waals surface area contributed by atoms with Gasteiger partial charge in [0.2, 0.25) is 0 Å². The third-order valence-corrected chi connectivity index (χ3v) is 5.98. The van der Waals surface area contributed by atoms with Crippen molar-refractivity contribution in [2.45, 2.75) is 43.4 Å². The summed E-state index contributed by atoms with van der Waals surface area (Å²) in [6, 6.07) is 1.08. The van der Waals surface area contributed by atoms with E-state index in [4.69, 9.17) is 0 Å². The molecule has 7 nitrogen and oxygen atoms in total. The van der Waals surface area contributed by atoms with Gasteiger partial charge in [-0.15, -0.1) is 0 Å². The fourth-order valence-corrected chi connectivity index (χ4v) is 4.62. The molecule has 0 aliphatic heterocycles. The summed E-state index contributed by atoms with van der Waals surface area (Å²) < 4.78 is 27.1. The minimum Gasteiger partial charge on any atom is -0.374 e. The molecule has 0 unspecified atom stereocenters. The lowest BCUT2D eigenvalue weighted by Gasteiger charge is -2.24. The van der Waals surface area contributed by atoms with E-state index in [0.717, 1.165) is 23.8 Å². The van der Waals surface area contributed by atoms with Crippen LogP contribution in [0, 0.1) is 10.1 Å². The molecule has 0 radical (unpaired) electrons. The van der Waals surface area contributed by atoms with E-state index >= 15 is 0 Å². The quantitative estimate of drug-likeness (QED) is 0.593. The minimum absolute atomic E-state index is 0.0577. The second-order valence-electron chi connectivity index (χ2n) is 5.03. The minimum atomic E-state index is -3.76. The molecule has 0 saturated heterocycles. The first-order valence-electron chi connectivity index (χ1n) is 6.13. The van der Waals surface area contributed by atoms with E-state index in [1.807, 2.05) is 6.92 Å². The summed E-state index contributed by atoms with van der Waals surface area (Å²) in [5.74, 6) is 0. The van der Waals surface area contributed by atoms with Gasteiger partial charge in [-0.2, -0.15) is 0 Å². The van der Waals surface area contributed by atoms with E-state index < -0.39 is 20.5 Å². The van der Waals surface area contributed by atoms with Crippen molar-refractivity contribution in [3.05, 3.63) is 16.2 Å². The Kier molecular flexibility index (Phi) is 5.11. The molecular weight excluding hydrogens is 302 g/mol. The van der Waals surface area contributed by atoms with Gasteiger partial charge in [-0.25, -0.2) is 13.1 Å². The van der Waals surface area contributed by atoms with Crippen LogP contribution in [0.3, 0.4) is 0 Å². The Balaban J connectivity index is 3.13. The third kappa shape index (κ3) is 3.90. The summed E-state index contributed by atoms with van der Waals surface area (Å²) in [6.45, 7) is 5.54. The largest absolute Gasteiger partial charge is 0.374 e. The van der Waals surface area contributed by atoms with Crippen LogP contribution in [-0.2, 0) is 10.0 Å². The van der Waals surface area contributed by atoms with Crippen molar-refractivity contribution in [1.82, 2.24) is 4.72 Å². The van der Waals surface area contributed by atoms with Gasteiger partial charge in [0.25, 0.3) is 10.0 Å². The van der Waals surface area contributed by atoms with Gasteiger partial charge in [0.15, 0.2) is 5.00 Å². The van der Waals surface area contributed by atoms with Gasteiger partial charge in [0.1, 0.15) is 4.21 Å². The van der Waals surface area contributed by atoms with E-state index in [9.17, 15) is 18.5 Å². The molecule has 0 fully saturated rings. The summed E-state index contributed by atoms with van der Waals surface area (Å²) in [5, 5.41) is 13.7. The zero-order valence-corrected chi connectivity index (χ0v) is 13.5. The fraction of sp³-hybridized carbons (Fsp3) is 0.636. The molecule has 9 heteroatoms.